The van der Waals surface area contributed by atoms with Crippen LogP contribution in [-0.2, 0) is 23.7 Å². The van der Waals surface area contributed by atoms with E-state index in [2.05, 4.69) is 20.6 Å². The number of alkyl halides is 6. The maximum Gasteiger partial charge on any atom is 0.417 e. The maximum absolute atomic E-state index is 13.6. The Morgan fingerprint density at radius 3 is 2.27 bits per heavy atom. The van der Waals surface area contributed by atoms with Crippen LogP contribution in [0.2, 0.25) is 5.02 Å². The number of nitrogens with one attached hydrogen (secondary N) is 3. The molecule has 0 fully saturated rings. The highest BCUT2D eigenvalue weighted by molar-refractivity contribution is 6.31. The smallest absolute Gasteiger partial charge is 0.377 e. The van der Waals surface area contributed by atoms with E-state index in [0.29, 0.717) is 34.2 Å². The molecule has 3 aromatic carbocycles. The number of H-pyrrole nitrogens is 1. The number of hydrogen-bond acceptors (Lipinski definition) is 4. The van der Waals surface area contributed by atoms with Crippen LogP contribution in [0, 0.1) is 6.92 Å². The van der Waals surface area contributed by atoms with Crippen molar-refractivity contribution in [3.8, 4) is 0 Å². The van der Waals surface area contributed by atoms with Gasteiger partial charge in [0.05, 0.1) is 27.8 Å². The number of anilines is 2. The average Bonchev–Trinajstić information content (AvgIpc) is 3.27. The fourth-order valence-corrected chi connectivity index (χ4v) is 4.08. The van der Waals surface area contributed by atoms with Crippen molar-refractivity contribution in [3.63, 3.8) is 0 Å². The zero-order chi connectivity index (χ0) is 29.4. The maximum atomic E-state index is 13.6. The van der Waals surface area contributed by atoms with E-state index < -0.39 is 40.9 Å². The van der Waals surface area contributed by atoms with Gasteiger partial charge in [0.1, 0.15) is 17.9 Å². The van der Waals surface area contributed by atoms with Gasteiger partial charge in [0.15, 0.2) is 0 Å². The van der Waals surface area contributed by atoms with Crippen LogP contribution in [0.25, 0.3) is 11.0 Å². The van der Waals surface area contributed by atoms with Crippen LogP contribution in [0.4, 0.5) is 37.7 Å². The fourth-order valence-electron chi connectivity index (χ4n) is 3.90. The number of aromatic amines is 1. The van der Waals surface area contributed by atoms with E-state index in [4.69, 9.17) is 16.3 Å². The lowest BCUT2D eigenvalue weighted by atomic mass is 10.0. The van der Waals surface area contributed by atoms with Gasteiger partial charge < -0.3 is 20.4 Å². The standard InChI is InChI=1S/C26H19ClF6N4O3.ClH/c1-12-18(27)4-3-5-19(12)36-24(39)16-9-14(10-20-22(16)37-21(35-20)11-40-2)34-23(38)15-7-6-13(25(28,29)30)8-17(15)26(31,32)33;/h3-10H,11H2,1-2H3,(H,34,38)(H,35,37)(H,36,39);1H. The highest BCUT2D eigenvalue weighted by Crippen LogP contribution is 2.38. The first-order chi connectivity index (χ1) is 18.7. The summed E-state index contributed by atoms with van der Waals surface area (Å²) in [6, 6.07) is 8.05. The van der Waals surface area contributed by atoms with Gasteiger partial charge in [0.25, 0.3) is 11.8 Å². The Labute approximate surface area is 239 Å². The monoisotopic (exact) mass is 620 g/mol. The summed E-state index contributed by atoms with van der Waals surface area (Å²) in [4.78, 5) is 33.4. The van der Waals surface area contributed by atoms with E-state index >= 15 is 0 Å². The van der Waals surface area contributed by atoms with Crippen molar-refractivity contribution in [2.45, 2.75) is 25.9 Å². The number of imidazole rings is 1. The predicted octanol–water partition coefficient (Wildman–Crippen LogP) is 7.64. The van der Waals surface area contributed by atoms with E-state index in [1.54, 1.807) is 25.1 Å². The number of hydrogen-bond donors (Lipinski definition) is 3. The second-order valence-electron chi connectivity index (χ2n) is 8.61. The Morgan fingerprint density at radius 1 is 0.951 bits per heavy atom. The minimum Gasteiger partial charge on any atom is -0.377 e. The third-order valence-electron chi connectivity index (χ3n) is 5.83. The topological polar surface area (TPSA) is 96.1 Å². The Balaban J connectivity index is 0.00000462. The van der Waals surface area contributed by atoms with E-state index in [-0.39, 0.29) is 47.4 Å². The molecule has 1 aromatic heterocycles. The van der Waals surface area contributed by atoms with Gasteiger partial charge in [-0.3, -0.25) is 9.59 Å². The molecule has 0 aliphatic carbocycles. The molecule has 0 saturated heterocycles. The first-order valence-electron chi connectivity index (χ1n) is 11.4. The van der Waals surface area contributed by atoms with Crippen molar-refractivity contribution in [1.82, 2.24) is 9.97 Å². The number of fused-ring (bicyclic) bond motifs is 1. The lowest BCUT2D eigenvalue weighted by Gasteiger charge is -2.16. The van der Waals surface area contributed by atoms with Crippen LogP contribution >= 0.6 is 24.0 Å². The fraction of sp³-hybridized carbons (Fsp3) is 0.192. The molecule has 3 N–H and O–H groups in total. The van der Waals surface area contributed by atoms with E-state index in [9.17, 15) is 35.9 Å². The van der Waals surface area contributed by atoms with E-state index in [0.717, 1.165) is 0 Å². The van der Waals surface area contributed by atoms with Crippen molar-refractivity contribution in [1.29, 1.82) is 0 Å². The van der Waals surface area contributed by atoms with Crippen LogP contribution in [0.1, 0.15) is 43.2 Å². The normalized spacial score (nSPS) is 11.7. The van der Waals surface area contributed by atoms with Crippen LogP contribution in [0.15, 0.2) is 48.5 Å². The molecule has 2 amide bonds. The van der Waals surface area contributed by atoms with Crippen molar-refractivity contribution in [2.75, 3.05) is 17.7 Å². The average molecular weight is 621 g/mol. The third kappa shape index (κ3) is 6.92. The molecule has 0 bridgehead atoms. The Morgan fingerprint density at radius 2 is 1.63 bits per heavy atom. The molecule has 4 rings (SSSR count). The number of carbonyl (C=O) groups is 2. The van der Waals surface area contributed by atoms with Crippen LogP contribution in [0.5, 0.6) is 0 Å². The first kappa shape index (κ1) is 31.7. The number of amides is 2. The quantitative estimate of drug-likeness (QED) is 0.193. The summed E-state index contributed by atoms with van der Waals surface area (Å²) in [7, 11) is 1.41. The second-order valence-corrected chi connectivity index (χ2v) is 9.02. The van der Waals surface area contributed by atoms with Gasteiger partial charge in [-0.05, 0) is 55.0 Å². The molecule has 0 saturated carbocycles. The molecule has 4 aromatic rings. The molecular formula is C26H20Cl2F6N4O3. The third-order valence-corrected chi connectivity index (χ3v) is 6.24. The van der Waals surface area contributed by atoms with Gasteiger partial charge >= 0.3 is 12.4 Å². The summed E-state index contributed by atoms with van der Waals surface area (Å²) in [5, 5.41) is 5.32. The molecule has 0 radical (unpaired) electrons. The van der Waals surface area contributed by atoms with Crippen LogP contribution in [-0.4, -0.2) is 28.9 Å². The number of ether oxygens (including phenoxy) is 1. The van der Waals surface area contributed by atoms with Gasteiger partial charge in [-0.1, -0.05) is 17.7 Å². The number of benzene rings is 3. The van der Waals surface area contributed by atoms with Gasteiger partial charge in [0.2, 0.25) is 0 Å². The number of halogens is 8. The molecule has 7 nitrogen and oxygen atoms in total. The Bertz CT molecular complexity index is 1620. The van der Waals surface area contributed by atoms with E-state index in [1.165, 1.54) is 19.2 Å². The molecule has 0 spiro atoms. The second kappa shape index (κ2) is 12.0. The summed E-state index contributed by atoms with van der Waals surface area (Å²) < 4.78 is 85.0. The molecule has 41 heavy (non-hydrogen) atoms. The molecule has 1 heterocycles. The molecule has 0 aliphatic rings. The van der Waals surface area contributed by atoms with Gasteiger partial charge in [-0.25, -0.2) is 4.98 Å². The predicted molar refractivity (Wildman–Crippen MR) is 143 cm³/mol. The number of carbonyl (C=O) groups excluding carboxylic acids is 2. The van der Waals surface area contributed by atoms with E-state index in [1.807, 2.05) is 0 Å². The number of nitrogens with zero attached hydrogens (tertiary/aromatic N) is 1. The summed E-state index contributed by atoms with van der Waals surface area (Å²) in [6.07, 6.45) is -10.3. The number of rotatable bonds is 6. The Kier molecular flexibility index (Phi) is 9.26. The molecule has 218 valence electrons. The molecule has 15 heteroatoms. The van der Waals surface area contributed by atoms with Crippen molar-refractivity contribution < 1.29 is 40.7 Å². The SMILES string of the molecule is COCc1nc2c(C(=O)Nc3cccc(Cl)c3C)cc(NC(=O)c3ccc(C(F)(F)F)cc3C(F)(F)F)cc2[nH]1.Cl. The molecule has 0 aliphatic heterocycles. The highest BCUT2D eigenvalue weighted by Gasteiger charge is 2.39. The largest absolute Gasteiger partial charge is 0.417 e. The number of methoxy groups -OCH3 is 1. The summed E-state index contributed by atoms with van der Waals surface area (Å²) in [5.74, 6) is -1.70. The van der Waals surface area contributed by atoms with Gasteiger partial charge in [-0.15, -0.1) is 12.4 Å². The van der Waals surface area contributed by atoms with Crippen molar-refractivity contribution in [2.24, 2.45) is 0 Å². The summed E-state index contributed by atoms with van der Waals surface area (Å²) in [6.45, 7) is 1.71. The summed E-state index contributed by atoms with van der Waals surface area (Å²) in [5.41, 5.74) is -3.18. The van der Waals surface area contributed by atoms with Crippen LogP contribution in [0.3, 0.4) is 0 Å². The first-order valence-corrected chi connectivity index (χ1v) is 11.7. The zero-order valence-corrected chi connectivity index (χ0v) is 22.6. The van der Waals surface area contributed by atoms with Gasteiger partial charge in [0, 0.05) is 23.5 Å². The summed E-state index contributed by atoms with van der Waals surface area (Å²) >= 11 is 6.12. The zero-order valence-electron chi connectivity index (χ0n) is 21.1. The molecular weight excluding hydrogens is 601 g/mol. The number of aromatic nitrogens is 2. The minimum absolute atomic E-state index is 0. The lowest BCUT2D eigenvalue weighted by Crippen LogP contribution is -2.21. The minimum atomic E-state index is -5.25. The Hall–Kier alpha value is -3.81. The molecule has 0 atom stereocenters. The van der Waals surface area contributed by atoms with Gasteiger partial charge in [-0.2, -0.15) is 26.3 Å². The molecule has 0 unspecified atom stereocenters. The lowest BCUT2D eigenvalue weighted by molar-refractivity contribution is -0.143. The highest BCUT2D eigenvalue weighted by atomic mass is 35.5. The van der Waals surface area contributed by atoms with Crippen molar-refractivity contribution >= 4 is 58.2 Å². The van der Waals surface area contributed by atoms with Crippen molar-refractivity contribution in [3.05, 3.63) is 87.2 Å². The van der Waals surface area contributed by atoms with Crippen LogP contribution < -0.4 is 10.6 Å².